The van der Waals surface area contributed by atoms with Gasteiger partial charge in [-0.15, -0.1) is 0 Å². The fourth-order valence-corrected chi connectivity index (χ4v) is 5.27. The molecule has 0 saturated heterocycles. The van der Waals surface area contributed by atoms with Crippen LogP contribution in [0, 0.1) is 5.82 Å². The monoisotopic (exact) mass is 648 g/mol. The number of halogens is 6. The molecule has 3 aromatic rings. The normalized spacial score (nSPS) is 13.6. The van der Waals surface area contributed by atoms with Crippen LogP contribution in [0.2, 0.25) is 5.02 Å². The second kappa shape index (κ2) is 11.0. The number of benzene rings is 1. The Morgan fingerprint density at radius 2 is 2.03 bits per heavy atom. The molecule has 0 aliphatic carbocycles. The molecule has 0 spiro atoms. The number of alkyl halides is 3. The zero-order valence-electron chi connectivity index (χ0n) is 17.8. The van der Waals surface area contributed by atoms with E-state index < -0.39 is 17.6 Å². The van der Waals surface area contributed by atoms with Gasteiger partial charge in [-0.2, -0.15) is 36.0 Å². The zero-order valence-corrected chi connectivity index (χ0v) is 22.6. The van der Waals surface area contributed by atoms with E-state index in [4.69, 9.17) is 11.6 Å². The number of fused-ring (bicyclic) bond motifs is 1. The summed E-state index contributed by atoms with van der Waals surface area (Å²) in [6.45, 7) is 0.781. The van der Waals surface area contributed by atoms with Crippen LogP contribution in [0.1, 0.15) is 16.8 Å². The molecule has 0 saturated carbocycles. The lowest BCUT2D eigenvalue weighted by atomic mass is 10.0. The number of anilines is 3. The molecular weight excluding hydrogens is 630 g/mol. The van der Waals surface area contributed by atoms with Crippen LogP contribution >= 0.6 is 52.6 Å². The SMILES string of the molecule is CN(c1ccc(F)cc1C(F)(F)F)c1n[nH]c2c1CCN(c1cnn(PI)c(=O)c1Cl)C2.CS. The lowest BCUT2D eigenvalue weighted by Gasteiger charge is -2.30. The minimum Gasteiger partial charge on any atom is -0.363 e. The maximum Gasteiger partial charge on any atom is 0.418 e. The molecule has 0 fully saturated rings. The highest BCUT2D eigenvalue weighted by atomic mass is 127. The van der Waals surface area contributed by atoms with E-state index in [1.54, 1.807) is 6.26 Å². The summed E-state index contributed by atoms with van der Waals surface area (Å²) in [5.41, 5.74) is 0.242. The van der Waals surface area contributed by atoms with Gasteiger partial charge in [-0.1, -0.05) is 11.6 Å². The van der Waals surface area contributed by atoms with E-state index in [9.17, 15) is 22.4 Å². The molecule has 0 bridgehead atoms. The molecule has 4 rings (SSSR count). The molecule has 3 heterocycles. The van der Waals surface area contributed by atoms with Crippen molar-refractivity contribution in [3.05, 3.63) is 62.4 Å². The topological polar surface area (TPSA) is 70.1 Å². The van der Waals surface area contributed by atoms with Crippen molar-refractivity contribution in [1.82, 2.24) is 19.7 Å². The number of H-pyrrole nitrogens is 1. The quantitative estimate of drug-likeness (QED) is 0.171. The predicted molar refractivity (Wildman–Crippen MR) is 139 cm³/mol. The van der Waals surface area contributed by atoms with E-state index in [1.807, 2.05) is 26.9 Å². The number of hydrogen-bond acceptors (Lipinski definition) is 6. The molecule has 1 unspecified atom stereocenters. The molecule has 15 heteroatoms. The summed E-state index contributed by atoms with van der Waals surface area (Å²) in [5.74, 6) is -0.646. The summed E-state index contributed by atoms with van der Waals surface area (Å²) in [4.78, 5) is 15.5. The molecule has 1 atom stereocenters. The Morgan fingerprint density at radius 3 is 2.68 bits per heavy atom. The van der Waals surface area contributed by atoms with Crippen LogP contribution < -0.4 is 15.4 Å². The number of aromatic amines is 1. The van der Waals surface area contributed by atoms with Gasteiger partial charge in [0.2, 0.25) is 0 Å². The fraction of sp³-hybridized carbons (Fsp3) is 0.316. The van der Waals surface area contributed by atoms with Crippen LogP contribution in [-0.4, -0.2) is 39.6 Å². The minimum atomic E-state index is -4.72. The van der Waals surface area contributed by atoms with Crippen molar-refractivity contribution in [3.8, 4) is 0 Å². The number of aromatic nitrogens is 4. The van der Waals surface area contributed by atoms with E-state index in [0.29, 0.717) is 42.8 Å². The van der Waals surface area contributed by atoms with Gasteiger partial charge in [0.25, 0.3) is 5.56 Å². The van der Waals surface area contributed by atoms with Crippen molar-refractivity contribution >= 4 is 69.8 Å². The van der Waals surface area contributed by atoms with Gasteiger partial charge in [-0.3, -0.25) is 9.89 Å². The second-order valence-electron chi connectivity index (χ2n) is 7.04. The third-order valence-corrected chi connectivity index (χ3v) is 7.38. The molecule has 184 valence electrons. The maximum atomic E-state index is 13.5. The Kier molecular flexibility index (Phi) is 8.75. The highest BCUT2D eigenvalue weighted by Crippen LogP contribution is 2.40. The molecule has 34 heavy (non-hydrogen) atoms. The van der Waals surface area contributed by atoms with Crippen molar-refractivity contribution in [2.75, 3.05) is 29.6 Å². The molecule has 1 aliphatic rings. The number of nitrogens with one attached hydrogen (secondary N) is 1. The lowest BCUT2D eigenvalue weighted by molar-refractivity contribution is -0.137. The van der Waals surface area contributed by atoms with E-state index in [-0.39, 0.29) is 22.6 Å². The maximum absolute atomic E-state index is 13.5. The number of nitrogens with zero attached hydrogens (tertiary/aromatic N) is 5. The van der Waals surface area contributed by atoms with Gasteiger partial charge in [-0.05, 0) is 52.9 Å². The number of thiol groups is 1. The Labute approximate surface area is 217 Å². The largest absolute Gasteiger partial charge is 0.418 e. The molecule has 2 aromatic heterocycles. The summed E-state index contributed by atoms with van der Waals surface area (Å²) >= 11 is 11.8. The van der Waals surface area contributed by atoms with Gasteiger partial charge in [0.1, 0.15) is 10.8 Å². The summed E-state index contributed by atoms with van der Waals surface area (Å²) in [5, 5.41) is 11.3. The molecule has 0 amide bonds. The Balaban J connectivity index is 0.00000158. The van der Waals surface area contributed by atoms with Gasteiger partial charge >= 0.3 is 6.18 Å². The van der Waals surface area contributed by atoms with Crippen LogP contribution in [0.15, 0.2) is 29.2 Å². The van der Waals surface area contributed by atoms with Crippen LogP contribution in [0.4, 0.5) is 34.8 Å². The molecule has 1 N–H and O–H groups in total. The van der Waals surface area contributed by atoms with Crippen LogP contribution in [0.25, 0.3) is 0 Å². The van der Waals surface area contributed by atoms with E-state index in [0.717, 1.165) is 17.7 Å². The van der Waals surface area contributed by atoms with Crippen molar-refractivity contribution in [2.24, 2.45) is 0 Å². The fourth-order valence-electron chi connectivity index (χ4n) is 3.63. The van der Waals surface area contributed by atoms with Crippen molar-refractivity contribution in [1.29, 1.82) is 0 Å². The molecule has 7 nitrogen and oxygen atoms in total. The van der Waals surface area contributed by atoms with Crippen molar-refractivity contribution < 1.29 is 17.6 Å². The standard InChI is InChI=1S/C18H15ClF4IN6OP.CH4S/c1-28(13-3-2-9(20)6-11(13)18(21,22)23)16-10-4-5-29(8-12(10)26-27-16)14-7-25-30(32-24)17(31)15(14)19;1-2/h2-3,6-7,32H,4-5,8H2,1H3,(H,26,27);2H,1H3. The van der Waals surface area contributed by atoms with Gasteiger partial charge in [0, 0.05) is 19.2 Å². The Bertz CT molecular complexity index is 1240. The Hall–Kier alpha value is -1.57. The summed E-state index contributed by atoms with van der Waals surface area (Å²) in [7, 11) is 1.45. The first-order valence-electron chi connectivity index (χ1n) is 9.62. The van der Waals surface area contributed by atoms with E-state index in [2.05, 4.69) is 27.9 Å². The van der Waals surface area contributed by atoms with Crippen molar-refractivity contribution in [3.63, 3.8) is 0 Å². The van der Waals surface area contributed by atoms with Crippen molar-refractivity contribution in [2.45, 2.75) is 19.1 Å². The highest BCUT2D eigenvalue weighted by Gasteiger charge is 2.36. The van der Waals surface area contributed by atoms with Gasteiger partial charge in [0.05, 0.1) is 41.7 Å². The van der Waals surface area contributed by atoms with Gasteiger partial charge in [-0.25, -0.2) is 8.84 Å². The third kappa shape index (κ3) is 5.31. The first kappa shape index (κ1) is 27.0. The first-order valence-corrected chi connectivity index (χ1v) is 15.0. The highest BCUT2D eigenvalue weighted by molar-refractivity contribution is 14.2. The number of rotatable bonds is 4. The predicted octanol–water partition coefficient (Wildman–Crippen LogP) is 5.45. The summed E-state index contributed by atoms with van der Waals surface area (Å²) in [6.07, 6.45) is -0.938. The number of hydrogen-bond donors (Lipinski definition) is 2. The first-order chi connectivity index (χ1) is 16.1. The molecule has 1 aromatic carbocycles. The van der Waals surface area contributed by atoms with Gasteiger partial charge < -0.3 is 9.80 Å². The zero-order chi connectivity index (χ0) is 25.2. The smallest absolute Gasteiger partial charge is 0.363 e. The van der Waals surface area contributed by atoms with Crippen LogP contribution in [0.5, 0.6) is 0 Å². The average Bonchev–Trinajstić information content (AvgIpc) is 3.24. The Morgan fingerprint density at radius 1 is 1.32 bits per heavy atom. The minimum absolute atomic E-state index is 0.0607. The summed E-state index contributed by atoms with van der Waals surface area (Å²) in [6, 6.07) is 2.54. The summed E-state index contributed by atoms with van der Waals surface area (Å²) < 4.78 is 55.1. The van der Waals surface area contributed by atoms with Crippen LogP contribution in [0.3, 0.4) is 0 Å². The molecule has 0 radical (unpaired) electrons. The third-order valence-electron chi connectivity index (χ3n) is 5.18. The van der Waals surface area contributed by atoms with Crippen LogP contribution in [-0.2, 0) is 19.1 Å². The average molecular weight is 649 g/mol. The molecule has 1 aliphatic heterocycles. The molecular formula is C19H19ClF4IN6OPS. The van der Waals surface area contributed by atoms with E-state index in [1.165, 1.54) is 22.6 Å². The lowest BCUT2D eigenvalue weighted by Crippen LogP contribution is -2.33. The van der Waals surface area contributed by atoms with E-state index >= 15 is 0 Å². The van der Waals surface area contributed by atoms with Gasteiger partial charge in [0.15, 0.2) is 5.82 Å². The second-order valence-corrected chi connectivity index (χ2v) is 9.46.